The molecule has 1 aliphatic rings. The van der Waals surface area contributed by atoms with E-state index >= 15 is 0 Å². The maximum Gasteiger partial charge on any atom is 0.188 e. The minimum Gasteiger partial charge on any atom is -0.298 e. The highest BCUT2D eigenvalue weighted by Gasteiger charge is 2.39. The van der Waals surface area contributed by atoms with Crippen LogP contribution in [-0.4, -0.2) is 19.5 Å². The number of hydrogen-bond donors (Lipinski definition) is 0. The number of hydrogen-bond acceptors (Lipinski definition) is 3. The van der Waals surface area contributed by atoms with Crippen molar-refractivity contribution in [2.75, 3.05) is 0 Å². The third-order valence-electron chi connectivity index (χ3n) is 3.64. The van der Waals surface area contributed by atoms with Gasteiger partial charge in [-0.25, -0.2) is 8.42 Å². The molecule has 1 aliphatic carbocycles. The van der Waals surface area contributed by atoms with Gasteiger partial charge in [-0.05, 0) is 31.4 Å². The summed E-state index contributed by atoms with van der Waals surface area (Å²) < 4.78 is 25.0. The quantitative estimate of drug-likeness (QED) is 0.796. The number of ketones is 1. The third kappa shape index (κ3) is 2.78. The highest BCUT2D eigenvalue weighted by atomic mass is 32.2. The maximum atomic E-state index is 12.5. The van der Waals surface area contributed by atoms with Gasteiger partial charge < -0.3 is 0 Å². The van der Waals surface area contributed by atoms with Crippen LogP contribution in [0.1, 0.15) is 25.7 Å². The summed E-state index contributed by atoms with van der Waals surface area (Å²) in [6, 6.07) is 8.24. The largest absolute Gasteiger partial charge is 0.298 e. The summed E-state index contributed by atoms with van der Waals surface area (Å²) in [5.74, 6) is -0.329. The van der Waals surface area contributed by atoms with Crippen molar-refractivity contribution >= 4 is 15.6 Å². The predicted molar refractivity (Wildman–Crippen MR) is 74.6 cm³/mol. The van der Waals surface area contributed by atoms with E-state index in [2.05, 4.69) is 6.58 Å². The highest BCUT2D eigenvalue weighted by Crippen LogP contribution is 2.31. The molecule has 0 radical (unpaired) electrons. The van der Waals surface area contributed by atoms with Gasteiger partial charge >= 0.3 is 0 Å². The second kappa shape index (κ2) is 5.70. The molecule has 19 heavy (non-hydrogen) atoms. The number of sulfone groups is 1. The fourth-order valence-corrected chi connectivity index (χ4v) is 4.46. The number of allylic oxidation sites excluding steroid dienone is 1. The van der Waals surface area contributed by atoms with E-state index in [1.165, 1.54) is 0 Å². The Morgan fingerprint density at radius 2 is 1.89 bits per heavy atom. The lowest BCUT2D eigenvalue weighted by molar-refractivity contribution is -0.124. The highest BCUT2D eigenvalue weighted by molar-refractivity contribution is 7.92. The zero-order valence-electron chi connectivity index (χ0n) is 10.8. The second-order valence-electron chi connectivity index (χ2n) is 4.90. The summed E-state index contributed by atoms with van der Waals surface area (Å²) in [7, 11) is -3.55. The molecule has 0 amide bonds. The van der Waals surface area contributed by atoms with E-state index in [4.69, 9.17) is 0 Å². The third-order valence-corrected chi connectivity index (χ3v) is 5.78. The lowest BCUT2D eigenvalue weighted by Gasteiger charge is -2.27. The Labute approximate surface area is 114 Å². The molecule has 0 aliphatic heterocycles. The molecule has 0 aromatic heterocycles. The van der Waals surface area contributed by atoms with Gasteiger partial charge in [-0.2, -0.15) is 0 Å². The van der Waals surface area contributed by atoms with Crippen molar-refractivity contribution in [1.29, 1.82) is 0 Å². The van der Waals surface area contributed by atoms with E-state index in [-0.39, 0.29) is 16.6 Å². The summed E-state index contributed by atoms with van der Waals surface area (Å²) >= 11 is 0. The van der Waals surface area contributed by atoms with Crippen LogP contribution in [0.3, 0.4) is 0 Å². The number of carbonyl (C=O) groups excluding carboxylic acids is 1. The fraction of sp³-hybridized carbons (Fsp3) is 0.400. The molecular weight excluding hydrogens is 260 g/mol. The van der Waals surface area contributed by atoms with Crippen LogP contribution < -0.4 is 0 Å². The maximum absolute atomic E-state index is 12.5. The van der Waals surface area contributed by atoms with Gasteiger partial charge in [0.05, 0.1) is 4.90 Å². The average Bonchev–Trinajstić information content (AvgIpc) is 2.42. The van der Waals surface area contributed by atoms with Crippen LogP contribution in [0, 0.1) is 5.92 Å². The Morgan fingerprint density at radius 1 is 1.21 bits per heavy atom. The Hall–Kier alpha value is -1.42. The van der Waals surface area contributed by atoms with Gasteiger partial charge in [0.2, 0.25) is 0 Å². The zero-order chi connectivity index (χ0) is 13.9. The molecule has 1 aromatic carbocycles. The number of carbonyl (C=O) groups is 1. The molecule has 2 rings (SSSR count). The van der Waals surface area contributed by atoms with Gasteiger partial charge in [0.15, 0.2) is 15.6 Å². The van der Waals surface area contributed by atoms with Crippen LogP contribution in [0.2, 0.25) is 0 Å². The van der Waals surface area contributed by atoms with E-state index in [1.807, 2.05) is 0 Å². The first-order valence-electron chi connectivity index (χ1n) is 6.51. The SMILES string of the molecule is C=CCC1CCCC(S(=O)(=O)c2ccccc2)C1=O. The first-order valence-corrected chi connectivity index (χ1v) is 8.05. The Kier molecular flexibility index (Phi) is 4.20. The molecule has 0 saturated heterocycles. The molecule has 0 bridgehead atoms. The summed E-state index contributed by atoms with van der Waals surface area (Å²) in [6.07, 6.45) is 4.25. The summed E-state index contributed by atoms with van der Waals surface area (Å²) in [5.41, 5.74) is 0. The molecule has 1 fully saturated rings. The van der Waals surface area contributed by atoms with Gasteiger partial charge in [-0.1, -0.05) is 30.7 Å². The van der Waals surface area contributed by atoms with E-state index < -0.39 is 15.1 Å². The molecular formula is C15H18O3S. The lowest BCUT2D eigenvalue weighted by Crippen LogP contribution is -2.38. The van der Waals surface area contributed by atoms with Gasteiger partial charge in [0, 0.05) is 5.92 Å². The van der Waals surface area contributed by atoms with Crippen LogP contribution in [0.5, 0.6) is 0 Å². The molecule has 3 nitrogen and oxygen atoms in total. The van der Waals surface area contributed by atoms with Gasteiger partial charge in [-0.3, -0.25) is 4.79 Å². The molecule has 0 N–H and O–H groups in total. The zero-order valence-corrected chi connectivity index (χ0v) is 11.6. The minimum absolute atomic E-state index is 0.144. The first-order chi connectivity index (χ1) is 9.07. The van der Waals surface area contributed by atoms with Crippen molar-refractivity contribution < 1.29 is 13.2 Å². The van der Waals surface area contributed by atoms with Gasteiger partial charge in [0.25, 0.3) is 0 Å². The van der Waals surface area contributed by atoms with Crippen LogP contribution in [0.15, 0.2) is 47.9 Å². The summed E-state index contributed by atoms with van der Waals surface area (Å²) in [4.78, 5) is 12.6. The van der Waals surface area contributed by atoms with Crippen molar-refractivity contribution in [3.8, 4) is 0 Å². The lowest BCUT2D eigenvalue weighted by atomic mass is 9.85. The van der Waals surface area contributed by atoms with E-state index in [1.54, 1.807) is 36.4 Å². The molecule has 0 heterocycles. The minimum atomic E-state index is -3.55. The predicted octanol–water partition coefficient (Wildman–Crippen LogP) is 2.77. The second-order valence-corrected chi connectivity index (χ2v) is 7.03. The Bertz CT molecular complexity index is 560. The molecule has 0 spiro atoms. The van der Waals surface area contributed by atoms with Gasteiger partial charge in [-0.15, -0.1) is 6.58 Å². The molecule has 102 valence electrons. The molecule has 2 atom stereocenters. The van der Waals surface area contributed by atoms with E-state index in [9.17, 15) is 13.2 Å². The standard InChI is InChI=1S/C15H18O3S/c1-2-7-12-8-6-11-14(15(12)16)19(17,18)13-9-4-3-5-10-13/h2-5,9-10,12,14H,1,6-8,11H2. The Morgan fingerprint density at radius 3 is 2.53 bits per heavy atom. The molecule has 1 saturated carbocycles. The molecule has 2 unspecified atom stereocenters. The molecule has 1 aromatic rings. The van der Waals surface area contributed by atoms with Crippen LogP contribution in [-0.2, 0) is 14.6 Å². The summed E-state index contributed by atoms with van der Waals surface area (Å²) in [5, 5.41) is -0.881. The smallest absolute Gasteiger partial charge is 0.188 e. The van der Waals surface area contributed by atoms with Gasteiger partial charge in [0.1, 0.15) is 5.25 Å². The van der Waals surface area contributed by atoms with Crippen molar-refractivity contribution in [1.82, 2.24) is 0 Å². The van der Waals surface area contributed by atoms with E-state index in [0.29, 0.717) is 12.8 Å². The van der Waals surface area contributed by atoms with Crippen LogP contribution in [0.4, 0.5) is 0 Å². The first kappa shape index (κ1) is 14.0. The van der Waals surface area contributed by atoms with Crippen molar-refractivity contribution in [2.24, 2.45) is 5.92 Å². The number of Topliss-reactive ketones (excluding diaryl/α,β-unsaturated/α-hetero) is 1. The summed E-state index contributed by atoms with van der Waals surface area (Å²) in [6.45, 7) is 3.63. The topological polar surface area (TPSA) is 51.2 Å². The average molecular weight is 278 g/mol. The van der Waals surface area contributed by atoms with Crippen LogP contribution in [0.25, 0.3) is 0 Å². The normalized spacial score (nSPS) is 24.1. The van der Waals surface area contributed by atoms with E-state index in [0.717, 1.165) is 12.8 Å². The van der Waals surface area contributed by atoms with Crippen molar-refractivity contribution in [2.45, 2.75) is 35.8 Å². The molecule has 4 heteroatoms. The van der Waals surface area contributed by atoms with Crippen molar-refractivity contribution in [3.63, 3.8) is 0 Å². The van der Waals surface area contributed by atoms with Crippen molar-refractivity contribution in [3.05, 3.63) is 43.0 Å². The number of benzene rings is 1. The fourth-order valence-electron chi connectivity index (χ4n) is 2.61. The number of rotatable bonds is 4. The monoisotopic (exact) mass is 278 g/mol. The Balaban J connectivity index is 2.30. The van der Waals surface area contributed by atoms with Crippen LogP contribution >= 0.6 is 0 Å².